The Morgan fingerprint density at radius 2 is 1.88 bits per heavy atom. The van der Waals surface area contributed by atoms with E-state index in [1.165, 1.54) is 7.11 Å². The van der Waals surface area contributed by atoms with Crippen LogP contribution in [-0.2, 0) is 9.47 Å². The van der Waals surface area contributed by atoms with E-state index in [1.54, 1.807) is 0 Å². The molecule has 4 fully saturated rings. The molecule has 0 radical (unpaired) electrons. The number of nitrogens with zero attached hydrogens (tertiary/aromatic N) is 2. The van der Waals surface area contributed by atoms with Crippen LogP contribution in [0.1, 0.15) is 46.0 Å². The van der Waals surface area contributed by atoms with Gasteiger partial charge in [-0.15, -0.1) is 0 Å². The van der Waals surface area contributed by atoms with E-state index in [0.717, 1.165) is 58.3 Å². The van der Waals surface area contributed by atoms with Gasteiger partial charge >= 0.3 is 12.2 Å². The van der Waals surface area contributed by atoms with Gasteiger partial charge in [0.05, 0.1) is 12.6 Å². The van der Waals surface area contributed by atoms with Gasteiger partial charge in [-0.3, -0.25) is 0 Å². The molecule has 7 nitrogen and oxygen atoms in total. The summed E-state index contributed by atoms with van der Waals surface area (Å²) >= 11 is 0. The predicted octanol–water partition coefficient (Wildman–Crippen LogP) is 1.96. The number of hydrogen-bond acceptors (Lipinski definition) is 5. The number of ether oxygens (including phenoxy) is 2. The third-order valence-electron chi connectivity index (χ3n) is 7.17. The van der Waals surface area contributed by atoms with Gasteiger partial charge in [0, 0.05) is 45.1 Å². The summed E-state index contributed by atoms with van der Waals surface area (Å²) in [6, 6.07) is 0.600. The highest BCUT2D eigenvalue weighted by molar-refractivity contribution is 5.72. The van der Waals surface area contributed by atoms with Crippen molar-refractivity contribution in [1.29, 1.82) is 0 Å². The number of rotatable bonds is 1. The molecule has 0 bridgehead atoms. The highest BCUT2D eigenvalue weighted by Crippen LogP contribution is 2.51. The summed E-state index contributed by atoms with van der Waals surface area (Å²) in [7, 11) is 1.45. The molecule has 1 N–H and O–H groups in total. The maximum atomic E-state index is 11.7. The van der Waals surface area contributed by atoms with Crippen LogP contribution in [0.4, 0.5) is 9.59 Å². The Morgan fingerprint density at radius 3 is 2.44 bits per heavy atom. The van der Waals surface area contributed by atoms with Crippen molar-refractivity contribution in [2.75, 3.05) is 33.3 Å². The Balaban J connectivity index is 1.31. The van der Waals surface area contributed by atoms with E-state index in [-0.39, 0.29) is 23.3 Å². The fourth-order valence-electron chi connectivity index (χ4n) is 5.43. The second kappa shape index (κ2) is 5.50. The summed E-state index contributed by atoms with van der Waals surface area (Å²) in [5.74, 6) is 0. The highest BCUT2D eigenvalue weighted by Gasteiger charge is 2.58. The first kappa shape index (κ1) is 16.9. The molecule has 3 heterocycles. The largest absolute Gasteiger partial charge is 0.453 e. The summed E-state index contributed by atoms with van der Waals surface area (Å²) in [4.78, 5) is 27.8. The van der Waals surface area contributed by atoms with Crippen molar-refractivity contribution >= 4 is 12.2 Å². The lowest BCUT2D eigenvalue weighted by Gasteiger charge is -2.53. The van der Waals surface area contributed by atoms with E-state index < -0.39 is 0 Å². The van der Waals surface area contributed by atoms with Gasteiger partial charge in [-0.25, -0.2) is 9.59 Å². The van der Waals surface area contributed by atoms with Crippen molar-refractivity contribution < 1.29 is 19.1 Å². The quantitative estimate of drug-likeness (QED) is 0.782. The lowest BCUT2D eigenvalue weighted by Crippen LogP contribution is -2.61. The van der Waals surface area contributed by atoms with Gasteiger partial charge < -0.3 is 24.6 Å². The SMILES string of the molecule is COC(=O)N1CCC2(CC(N3CCC4(CC3)OC(=O)NC4(C)C)C2)C1. The maximum absolute atomic E-state index is 11.7. The second-order valence-corrected chi connectivity index (χ2v) is 8.87. The van der Waals surface area contributed by atoms with Crippen molar-refractivity contribution in [3.05, 3.63) is 0 Å². The van der Waals surface area contributed by atoms with Gasteiger partial charge in [-0.1, -0.05) is 0 Å². The Morgan fingerprint density at radius 1 is 1.20 bits per heavy atom. The molecule has 2 spiro atoms. The van der Waals surface area contributed by atoms with Crippen molar-refractivity contribution in [2.45, 2.75) is 63.1 Å². The second-order valence-electron chi connectivity index (χ2n) is 8.87. The minimum atomic E-state index is -0.364. The molecule has 0 aromatic heterocycles. The summed E-state index contributed by atoms with van der Waals surface area (Å²) < 4.78 is 10.5. The van der Waals surface area contributed by atoms with Gasteiger partial charge in [0.25, 0.3) is 0 Å². The number of alkyl carbamates (subject to hydrolysis) is 1. The van der Waals surface area contributed by atoms with Crippen LogP contribution >= 0.6 is 0 Å². The standard InChI is InChI=1S/C18H29N3O4/c1-16(2)18(25-14(22)19-16)5-8-20(9-6-18)13-10-17(11-13)4-7-21(12-17)15(23)24-3/h13H,4-12H2,1-3H3,(H,19,22). The molecule has 7 heteroatoms. The molecule has 25 heavy (non-hydrogen) atoms. The summed E-state index contributed by atoms with van der Waals surface area (Å²) in [6.07, 6.45) is 4.70. The van der Waals surface area contributed by atoms with Crippen LogP contribution in [0.3, 0.4) is 0 Å². The van der Waals surface area contributed by atoms with E-state index >= 15 is 0 Å². The average Bonchev–Trinajstić information content (AvgIpc) is 3.06. The molecule has 0 unspecified atom stereocenters. The maximum Gasteiger partial charge on any atom is 0.409 e. The fourth-order valence-corrected chi connectivity index (χ4v) is 5.43. The van der Waals surface area contributed by atoms with Crippen LogP contribution in [0.15, 0.2) is 0 Å². The Bertz CT molecular complexity index is 577. The normalized spacial score (nSPS) is 36.2. The zero-order valence-electron chi connectivity index (χ0n) is 15.5. The number of methoxy groups -OCH3 is 1. The highest BCUT2D eigenvalue weighted by atomic mass is 16.6. The Hall–Kier alpha value is -1.50. The molecule has 4 rings (SSSR count). The van der Waals surface area contributed by atoms with Crippen LogP contribution in [0, 0.1) is 5.41 Å². The van der Waals surface area contributed by atoms with Crippen molar-refractivity contribution in [3.8, 4) is 0 Å². The summed E-state index contributed by atoms with van der Waals surface area (Å²) in [5, 5.41) is 2.96. The third kappa shape index (κ3) is 2.58. The number of hydrogen-bond donors (Lipinski definition) is 1. The molecule has 1 saturated carbocycles. The minimum Gasteiger partial charge on any atom is -0.453 e. The zero-order chi connectivity index (χ0) is 17.9. The lowest BCUT2D eigenvalue weighted by atomic mass is 9.63. The van der Waals surface area contributed by atoms with Crippen molar-refractivity contribution in [2.24, 2.45) is 5.41 Å². The van der Waals surface area contributed by atoms with Crippen LogP contribution in [0.2, 0.25) is 0 Å². The molecule has 3 aliphatic heterocycles. The van der Waals surface area contributed by atoms with Gasteiger partial charge in [-0.2, -0.15) is 0 Å². The number of piperidine rings is 1. The minimum absolute atomic E-state index is 0.196. The van der Waals surface area contributed by atoms with E-state index in [9.17, 15) is 9.59 Å². The first-order valence-electron chi connectivity index (χ1n) is 9.36. The Kier molecular flexibility index (Phi) is 3.72. The topological polar surface area (TPSA) is 71.1 Å². The lowest BCUT2D eigenvalue weighted by molar-refractivity contribution is -0.0742. The monoisotopic (exact) mass is 351 g/mol. The van der Waals surface area contributed by atoms with Crippen molar-refractivity contribution in [3.63, 3.8) is 0 Å². The number of likely N-dealkylation sites (tertiary alicyclic amines) is 2. The van der Waals surface area contributed by atoms with Gasteiger partial charge in [0.2, 0.25) is 0 Å². The van der Waals surface area contributed by atoms with Crippen molar-refractivity contribution in [1.82, 2.24) is 15.1 Å². The first-order chi connectivity index (χ1) is 11.8. The average molecular weight is 351 g/mol. The van der Waals surface area contributed by atoms with Gasteiger partial charge in [0.15, 0.2) is 0 Å². The first-order valence-corrected chi connectivity index (χ1v) is 9.36. The van der Waals surface area contributed by atoms with Crippen LogP contribution < -0.4 is 5.32 Å². The number of nitrogens with one attached hydrogen (secondary N) is 1. The van der Waals surface area contributed by atoms with E-state index in [1.807, 2.05) is 4.90 Å². The molecule has 0 aromatic rings. The number of amides is 2. The van der Waals surface area contributed by atoms with E-state index in [4.69, 9.17) is 9.47 Å². The van der Waals surface area contributed by atoms with Crippen LogP contribution in [-0.4, -0.2) is 72.5 Å². The summed E-state index contributed by atoms with van der Waals surface area (Å²) in [5.41, 5.74) is -0.366. The number of carbonyl (C=O) groups is 2. The van der Waals surface area contributed by atoms with Crippen LogP contribution in [0.5, 0.6) is 0 Å². The molecule has 3 saturated heterocycles. The van der Waals surface area contributed by atoms with Gasteiger partial charge in [0.1, 0.15) is 5.60 Å². The molecular weight excluding hydrogens is 322 g/mol. The fraction of sp³-hybridized carbons (Fsp3) is 0.889. The van der Waals surface area contributed by atoms with Crippen LogP contribution in [0.25, 0.3) is 0 Å². The molecule has 0 aromatic carbocycles. The molecule has 140 valence electrons. The number of carbonyl (C=O) groups excluding carboxylic acids is 2. The zero-order valence-corrected chi connectivity index (χ0v) is 15.5. The smallest absolute Gasteiger partial charge is 0.409 e. The third-order valence-corrected chi connectivity index (χ3v) is 7.17. The molecule has 4 aliphatic rings. The predicted molar refractivity (Wildman–Crippen MR) is 91.3 cm³/mol. The van der Waals surface area contributed by atoms with Gasteiger partial charge in [-0.05, 0) is 38.5 Å². The Labute approximate surface area is 149 Å². The molecular formula is C18H29N3O4. The molecule has 0 atom stereocenters. The van der Waals surface area contributed by atoms with E-state index in [0.29, 0.717) is 11.5 Å². The van der Waals surface area contributed by atoms with E-state index in [2.05, 4.69) is 24.1 Å². The summed E-state index contributed by atoms with van der Waals surface area (Å²) in [6.45, 7) is 7.72. The molecule has 2 amide bonds. The molecule has 1 aliphatic carbocycles.